The number of carbonyl (C=O) groups is 2. The van der Waals surface area contributed by atoms with Crippen molar-refractivity contribution >= 4 is 23.6 Å². The summed E-state index contributed by atoms with van der Waals surface area (Å²) in [5.41, 5.74) is 6.93. The van der Waals surface area contributed by atoms with Gasteiger partial charge in [-0.15, -0.1) is 11.8 Å². The SMILES string of the molecule is CN(Cc1ccccc1)C(=O)C1N2C(=O)C(N)[C@H]2SC1(C)C. The fourth-order valence-corrected chi connectivity index (χ4v) is 4.75. The highest BCUT2D eigenvalue weighted by atomic mass is 32.2. The Kier molecular flexibility index (Phi) is 3.69. The highest BCUT2D eigenvalue weighted by Gasteiger charge is 2.62. The predicted molar refractivity (Wildman–Crippen MR) is 87.0 cm³/mol. The van der Waals surface area contributed by atoms with E-state index in [0.717, 1.165) is 5.56 Å². The summed E-state index contributed by atoms with van der Waals surface area (Å²) < 4.78 is -0.323. The number of thioether (sulfide) groups is 1. The number of rotatable bonds is 3. The van der Waals surface area contributed by atoms with Gasteiger partial charge in [0, 0.05) is 18.3 Å². The molecule has 1 aromatic carbocycles. The van der Waals surface area contributed by atoms with Gasteiger partial charge in [0.05, 0.1) is 0 Å². The molecule has 2 unspecified atom stereocenters. The van der Waals surface area contributed by atoms with E-state index >= 15 is 0 Å². The fraction of sp³-hybridized carbons (Fsp3) is 0.500. The van der Waals surface area contributed by atoms with Crippen LogP contribution in [0.25, 0.3) is 0 Å². The van der Waals surface area contributed by atoms with E-state index in [-0.39, 0.29) is 21.9 Å². The number of benzene rings is 1. The molecule has 3 atom stereocenters. The second-order valence-electron chi connectivity index (χ2n) is 6.47. The Morgan fingerprint density at radius 1 is 1.36 bits per heavy atom. The molecule has 0 saturated carbocycles. The zero-order chi connectivity index (χ0) is 16.1. The molecular formula is C16H21N3O2S. The van der Waals surface area contributed by atoms with Crippen LogP contribution in [0.4, 0.5) is 0 Å². The van der Waals surface area contributed by atoms with Gasteiger partial charge in [-0.2, -0.15) is 0 Å². The molecule has 6 heteroatoms. The van der Waals surface area contributed by atoms with Gasteiger partial charge in [-0.1, -0.05) is 30.3 Å². The lowest BCUT2D eigenvalue weighted by Gasteiger charge is -2.43. The summed E-state index contributed by atoms with van der Waals surface area (Å²) >= 11 is 1.62. The van der Waals surface area contributed by atoms with Crippen molar-refractivity contribution in [2.45, 2.75) is 42.6 Å². The molecule has 0 aromatic heterocycles. The summed E-state index contributed by atoms with van der Waals surface area (Å²) in [7, 11) is 1.79. The maximum atomic E-state index is 12.9. The minimum absolute atomic E-state index is 0.0240. The molecule has 0 aliphatic carbocycles. The first-order valence-electron chi connectivity index (χ1n) is 7.37. The van der Waals surface area contributed by atoms with Gasteiger partial charge in [0.25, 0.3) is 0 Å². The Bertz CT molecular complexity index is 605. The molecule has 2 heterocycles. The average Bonchev–Trinajstić information content (AvgIpc) is 2.75. The van der Waals surface area contributed by atoms with E-state index in [2.05, 4.69) is 0 Å². The number of carbonyl (C=O) groups excluding carboxylic acids is 2. The van der Waals surface area contributed by atoms with Crippen molar-refractivity contribution in [1.29, 1.82) is 0 Å². The lowest BCUT2D eigenvalue weighted by Crippen LogP contribution is -2.69. The maximum absolute atomic E-state index is 12.9. The first-order chi connectivity index (χ1) is 10.3. The van der Waals surface area contributed by atoms with Crippen LogP contribution in [0.3, 0.4) is 0 Å². The van der Waals surface area contributed by atoms with E-state index in [9.17, 15) is 9.59 Å². The third-order valence-corrected chi connectivity index (χ3v) is 5.95. The molecular weight excluding hydrogens is 298 g/mol. The van der Waals surface area contributed by atoms with Gasteiger partial charge in [0.15, 0.2) is 0 Å². The number of nitrogens with zero attached hydrogens (tertiary/aromatic N) is 2. The molecule has 2 aliphatic rings. The Morgan fingerprint density at radius 3 is 2.64 bits per heavy atom. The van der Waals surface area contributed by atoms with Crippen LogP contribution in [-0.4, -0.2) is 50.9 Å². The Labute approximate surface area is 134 Å². The number of amides is 2. The molecule has 2 saturated heterocycles. The minimum Gasteiger partial charge on any atom is -0.340 e. The molecule has 1 aromatic rings. The van der Waals surface area contributed by atoms with Gasteiger partial charge in [0.2, 0.25) is 11.8 Å². The highest BCUT2D eigenvalue weighted by Crippen LogP contribution is 2.50. The van der Waals surface area contributed by atoms with E-state index in [0.29, 0.717) is 6.54 Å². The van der Waals surface area contributed by atoms with E-state index < -0.39 is 12.1 Å². The second kappa shape index (κ2) is 5.28. The van der Waals surface area contributed by atoms with Crippen LogP contribution in [0.5, 0.6) is 0 Å². The van der Waals surface area contributed by atoms with Crippen molar-refractivity contribution in [2.24, 2.45) is 5.73 Å². The molecule has 2 N–H and O–H groups in total. The monoisotopic (exact) mass is 319 g/mol. The Balaban J connectivity index is 1.77. The van der Waals surface area contributed by atoms with Crippen molar-refractivity contribution in [2.75, 3.05) is 7.05 Å². The summed E-state index contributed by atoms with van der Waals surface area (Å²) in [5.74, 6) is -0.140. The van der Waals surface area contributed by atoms with Gasteiger partial charge < -0.3 is 15.5 Å². The summed E-state index contributed by atoms with van der Waals surface area (Å²) in [6, 6.07) is 8.93. The number of hydrogen-bond acceptors (Lipinski definition) is 4. The van der Waals surface area contributed by atoms with Gasteiger partial charge in [-0.3, -0.25) is 9.59 Å². The molecule has 0 spiro atoms. The lowest BCUT2D eigenvalue weighted by atomic mass is 9.95. The predicted octanol–water partition coefficient (Wildman–Crippen LogP) is 1.03. The zero-order valence-corrected chi connectivity index (χ0v) is 13.8. The lowest BCUT2D eigenvalue weighted by molar-refractivity contribution is -0.155. The van der Waals surface area contributed by atoms with E-state index in [1.165, 1.54) is 0 Å². The first kappa shape index (κ1) is 15.4. The number of fused-ring (bicyclic) bond motifs is 1. The zero-order valence-electron chi connectivity index (χ0n) is 13.0. The third-order valence-electron chi connectivity index (χ3n) is 4.35. The molecule has 0 radical (unpaired) electrons. The van der Waals surface area contributed by atoms with Gasteiger partial charge in [-0.05, 0) is 19.4 Å². The molecule has 118 valence electrons. The van der Waals surface area contributed by atoms with Crippen LogP contribution in [0.15, 0.2) is 30.3 Å². The standard InChI is InChI=1S/C16H21N3O2S/c1-16(2)12(19-13(20)11(17)15(19)22-16)14(21)18(3)9-10-7-5-4-6-8-10/h4-8,11-12,15H,9,17H2,1-3H3/t11?,12?,15-/m1/s1. The average molecular weight is 319 g/mol. The normalized spacial score (nSPS) is 29.0. The molecule has 2 amide bonds. The van der Waals surface area contributed by atoms with Gasteiger partial charge >= 0.3 is 0 Å². The molecule has 2 aliphatic heterocycles. The van der Waals surface area contributed by atoms with Crippen molar-refractivity contribution in [1.82, 2.24) is 9.80 Å². The van der Waals surface area contributed by atoms with Crippen molar-refractivity contribution < 1.29 is 9.59 Å². The van der Waals surface area contributed by atoms with Gasteiger partial charge in [-0.25, -0.2) is 0 Å². The summed E-state index contributed by atoms with van der Waals surface area (Å²) in [6.45, 7) is 4.56. The van der Waals surface area contributed by atoms with Crippen LogP contribution in [0, 0.1) is 0 Å². The highest BCUT2D eigenvalue weighted by molar-refractivity contribution is 8.01. The summed E-state index contributed by atoms with van der Waals surface area (Å²) in [6.07, 6.45) is 0. The first-order valence-corrected chi connectivity index (χ1v) is 8.25. The number of hydrogen-bond donors (Lipinski definition) is 1. The Morgan fingerprint density at radius 2 is 2.00 bits per heavy atom. The molecule has 5 nitrogen and oxygen atoms in total. The van der Waals surface area contributed by atoms with E-state index in [1.54, 1.807) is 28.6 Å². The quantitative estimate of drug-likeness (QED) is 0.845. The fourth-order valence-electron chi connectivity index (χ4n) is 3.19. The molecule has 22 heavy (non-hydrogen) atoms. The molecule has 0 bridgehead atoms. The van der Waals surface area contributed by atoms with Crippen molar-refractivity contribution in [3.63, 3.8) is 0 Å². The van der Waals surface area contributed by atoms with E-state index in [4.69, 9.17) is 5.73 Å². The molecule has 2 fully saturated rings. The van der Waals surface area contributed by atoms with Gasteiger partial charge in [0.1, 0.15) is 17.5 Å². The molecule has 3 rings (SSSR count). The number of nitrogens with two attached hydrogens (primary N) is 1. The van der Waals surface area contributed by atoms with Crippen LogP contribution in [-0.2, 0) is 16.1 Å². The minimum atomic E-state index is -0.471. The summed E-state index contributed by atoms with van der Waals surface area (Å²) in [5, 5.41) is -0.0680. The Hall–Kier alpha value is -1.53. The van der Waals surface area contributed by atoms with Crippen LogP contribution < -0.4 is 5.73 Å². The summed E-state index contributed by atoms with van der Waals surface area (Å²) in [4.78, 5) is 28.3. The number of β-lactam (4-membered cyclic amide) rings is 1. The smallest absolute Gasteiger partial charge is 0.246 e. The third kappa shape index (κ3) is 2.30. The number of likely N-dealkylation sites (N-methyl/N-ethyl adjacent to an activating group) is 1. The topological polar surface area (TPSA) is 66.6 Å². The van der Waals surface area contributed by atoms with Crippen molar-refractivity contribution in [3.8, 4) is 0 Å². The maximum Gasteiger partial charge on any atom is 0.246 e. The van der Waals surface area contributed by atoms with Crippen LogP contribution in [0.1, 0.15) is 19.4 Å². The van der Waals surface area contributed by atoms with Crippen LogP contribution in [0.2, 0.25) is 0 Å². The van der Waals surface area contributed by atoms with Crippen LogP contribution >= 0.6 is 11.8 Å². The largest absolute Gasteiger partial charge is 0.340 e. The van der Waals surface area contributed by atoms with E-state index in [1.807, 2.05) is 44.2 Å². The second-order valence-corrected chi connectivity index (χ2v) is 8.24. The van der Waals surface area contributed by atoms with Crippen molar-refractivity contribution in [3.05, 3.63) is 35.9 Å².